The highest BCUT2D eigenvalue weighted by molar-refractivity contribution is 5.98. The van der Waals surface area contributed by atoms with E-state index in [9.17, 15) is 4.79 Å². The molecule has 6 nitrogen and oxygen atoms in total. The van der Waals surface area contributed by atoms with Crippen LogP contribution in [0.2, 0.25) is 0 Å². The zero-order valence-corrected chi connectivity index (χ0v) is 13.9. The van der Waals surface area contributed by atoms with Gasteiger partial charge in [-0.05, 0) is 62.9 Å². The zero-order chi connectivity index (χ0) is 16.6. The van der Waals surface area contributed by atoms with Crippen molar-refractivity contribution in [2.45, 2.75) is 50.5 Å². The van der Waals surface area contributed by atoms with E-state index in [0.29, 0.717) is 5.92 Å². The number of aromatic amines is 1. The number of rotatable bonds is 5. The molecule has 126 valence electrons. The Morgan fingerprint density at radius 1 is 1.33 bits per heavy atom. The van der Waals surface area contributed by atoms with Gasteiger partial charge < -0.3 is 10.6 Å². The third-order valence-electron chi connectivity index (χ3n) is 5.15. The Labute approximate surface area is 141 Å². The molecule has 4 rings (SSSR count). The average molecular weight is 325 g/mol. The van der Waals surface area contributed by atoms with Crippen molar-refractivity contribution in [2.75, 3.05) is 11.9 Å². The molecule has 1 amide bonds. The predicted octanol–water partition coefficient (Wildman–Crippen LogP) is 2.82. The molecule has 6 heteroatoms. The van der Waals surface area contributed by atoms with Gasteiger partial charge in [0.05, 0.1) is 5.54 Å². The summed E-state index contributed by atoms with van der Waals surface area (Å²) in [6, 6.07) is 7.74. The van der Waals surface area contributed by atoms with Crippen LogP contribution in [0.25, 0.3) is 11.4 Å². The fourth-order valence-corrected chi connectivity index (χ4v) is 3.36. The summed E-state index contributed by atoms with van der Waals surface area (Å²) >= 11 is 0. The lowest BCUT2D eigenvalue weighted by atomic mass is 9.93. The number of carbonyl (C=O) groups excluding carboxylic acids is 1. The SMILES string of the molecule is CCC1(C(=O)Nc2ccc(-c3n[nH]c(C4CC4)n3)cc2)CCCN1. The Morgan fingerprint density at radius 2 is 2.12 bits per heavy atom. The number of carbonyl (C=O) groups is 1. The van der Waals surface area contributed by atoms with E-state index < -0.39 is 5.54 Å². The first-order valence-corrected chi connectivity index (χ1v) is 8.79. The van der Waals surface area contributed by atoms with E-state index in [-0.39, 0.29) is 5.91 Å². The minimum atomic E-state index is -0.415. The highest BCUT2D eigenvalue weighted by atomic mass is 16.2. The number of anilines is 1. The molecule has 1 aliphatic carbocycles. The molecule has 3 N–H and O–H groups in total. The zero-order valence-electron chi connectivity index (χ0n) is 13.9. The molecule has 1 atom stereocenters. The van der Waals surface area contributed by atoms with Crippen molar-refractivity contribution >= 4 is 11.6 Å². The molecule has 2 heterocycles. The van der Waals surface area contributed by atoms with Gasteiger partial charge in [-0.25, -0.2) is 4.98 Å². The number of hydrogen-bond acceptors (Lipinski definition) is 4. The molecule has 1 saturated carbocycles. The topological polar surface area (TPSA) is 82.7 Å². The first kappa shape index (κ1) is 15.3. The summed E-state index contributed by atoms with van der Waals surface area (Å²) in [5.74, 6) is 2.33. The van der Waals surface area contributed by atoms with Crippen LogP contribution < -0.4 is 10.6 Å². The maximum atomic E-state index is 12.6. The molecule has 1 aromatic carbocycles. The van der Waals surface area contributed by atoms with Crippen LogP contribution in [0.1, 0.15) is 50.8 Å². The van der Waals surface area contributed by atoms with Gasteiger partial charge in [-0.1, -0.05) is 6.92 Å². The van der Waals surface area contributed by atoms with E-state index in [1.807, 2.05) is 24.3 Å². The van der Waals surface area contributed by atoms with Crippen LogP contribution in [0.3, 0.4) is 0 Å². The first-order valence-electron chi connectivity index (χ1n) is 8.79. The second-order valence-electron chi connectivity index (χ2n) is 6.82. The Morgan fingerprint density at radius 3 is 2.75 bits per heavy atom. The molecule has 1 aliphatic heterocycles. The minimum absolute atomic E-state index is 0.0594. The van der Waals surface area contributed by atoms with Crippen molar-refractivity contribution in [2.24, 2.45) is 0 Å². The summed E-state index contributed by atoms with van der Waals surface area (Å²) in [5, 5.41) is 13.7. The number of nitrogens with zero attached hydrogens (tertiary/aromatic N) is 2. The fourth-order valence-electron chi connectivity index (χ4n) is 3.36. The van der Waals surface area contributed by atoms with Crippen LogP contribution in [0, 0.1) is 0 Å². The van der Waals surface area contributed by atoms with E-state index in [4.69, 9.17) is 0 Å². The van der Waals surface area contributed by atoms with E-state index in [1.165, 1.54) is 12.8 Å². The molecular weight excluding hydrogens is 302 g/mol. The summed E-state index contributed by atoms with van der Waals surface area (Å²) in [4.78, 5) is 17.2. The Hall–Kier alpha value is -2.21. The summed E-state index contributed by atoms with van der Waals surface area (Å²) in [5.41, 5.74) is 1.35. The number of hydrogen-bond donors (Lipinski definition) is 3. The number of aromatic nitrogens is 3. The van der Waals surface area contributed by atoms with Crippen molar-refractivity contribution in [1.82, 2.24) is 20.5 Å². The highest BCUT2D eigenvalue weighted by Crippen LogP contribution is 2.38. The van der Waals surface area contributed by atoms with Gasteiger partial charge in [0.1, 0.15) is 5.82 Å². The van der Waals surface area contributed by atoms with Gasteiger partial charge in [0.25, 0.3) is 0 Å². The van der Waals surface area contributed by atoms with Crippen LogP contribution in [0.5, 0.6) is 0 Å². The van der Waals surface area contributed by atoms with Crippen molar-refractivity contribution in [1.29, 1.82) is 0 Å². The standard InChI is InChI=1S/C18H23N5O/c1-2-18(10-3-11-19-18)17(24)20-14-8-6-13(7-9-14)16-21-15(22-23-16)12-4-5-12/h6-9,12,19H,2-5,10-11H2,1H3,(H,20,24)(H,21,22,23). The van der Waals surface area contributed by atoms with Crippen molar-refractivity contribution < 1.29 is 4.79 Å². The highest BCUT2D eigenvalue weighted by Gasteiger charge is 2.39. The quantitative estimate of drug-likeness (QED) is 0.789. The Bertz CT molecular complexity index is 726. The van der Waals surface area contributed by atoms with Gasteiger partial charge in [0, 0.05) is 17.2 Å². The van der Waals surface area contributed by atoms with Gasteiger partial charge >= 0.3 is 0 Å². The molecule has 24 heavy (non-hydrogen) atoms. The molecule has 2 aromatic rings. The van der Waals surface area contributed by atoms with Gasteiger partial charge in [0.15, 0.2) is 5.82 Å². The second kappa shape index (κ2) is 6.02. The van der Waals surface area contributed by atoms with Crippen LogP contribution in [0.4, 0.5) is 5.69 Å². The van der Waals surface area contributed by atoms with Gasteiger partial charge in [-0.15, -0.1) is 0 Å². The lowest BCUT2D eigenvalue weighted by Gasteiger charge is -2.26. The van der Waals surface area contributed by atoms with Crippen LogP contribution >= 0.6 is 0 Å². The minimum Gasteiger partial charge on any atom is -0.324 e. The van der Waals surface area contributed by atoms with E-state index in [1.54, 1.807) is 0 Å². The average Bonchev–Trinajstić information content (AvgIpc) is 3.14. The van der Waals surface area contributed by atoms with Crippen LogP contribution in [-0.4, -0.2) is 33.2 Å². The molecule has 1 aromatic heterocycles. The number of nitrogens with one attached hydrogen (secondary N) is 3. The van der Waals surface area contributed by atoms with Gasteiger partial charge in [-0.2, -0.15) is 5.10 Å². The Kier molecular flexibility index (Phi) is 3.84. The number of amides is 1. The smallest absolute Gasteiger partial charge is 0.244 e. The van der Waals surface area contributed by atoms with Crippen LogP contribution in [-0.2, 0) is 4.79 Å². The summed E-state index contributed by atoms with van der Waals surface area (Å²) in [7, 11) is 0. The first-order chi connectivity index (χ1) is 11.7. The van der Waals surface area contributed by atoms with E-state index >= 15 is 0 Å². The molecule has 1 unspecified atom stereocenters. The lowest BCUT2D eigenvalue weighted by Crippen LogP contribution is -2.50. The third-order valence-corrected chi connectivity index (χ3v) is 5.15. The molecule has 0 radical (unpaired) electrons. The van der Waals surface area contributed by atoms with Gasteiger partial charge in [0.2, 0.25) is 5.91 Å². The second-order valence-corrected chi connectivity index (χ2v) is 6.82. The normalized spacial score (nSPS) is 23.4. The molecule has 0 spiro atoms. The predicted molar refractivity (Wildman–Crippen MR) is 92.7 cm³/mol. The fraction of sp³-hybridized carbons (Fsp3) is 0.500. The van der Waals surface area contributed by atoms with Crippen LogP contribution in [0.15, 0.2) is 24.3 Å². The number of H-pyrrole nitrogens is 1. The molecule has 1 saturated heterocycles. The molecule has 2 fully saturated rings. The summed E-state index contributed by atoms with van der Waals surface area (Å²) in [6.45, 7) is 2.97. The maximum absolute atomic E-state index is 12.6. The van der Waals surface area contributed by atoms with Gasteiger partial charge in [-0.3, -0.25) is 9.89 Å². The summed E-state index contributed by atoms with van der Waals surface area (Å²) < 4.78 is 0. The lowest BCUT2D eigenvalue weighted by molar-refractivity contribution is -0.122. The Balaban J connectivity index is 1.46. The maximum Gasteiger partial charge on any atom is 0.244 e. The van der Waals surface area contributed by atoms with E-state index in [0.717, 1.165) is 48.7 Å². The third kappa shape index (κ3) is 2.82. The number of benzene rings is 1. The van der Waals surface area contributed by atoms with Crippen molar-refractivity contribution in [3.63, 3.8) is 0 Å². The monoisotopic (exact) mass is 325 g/mol. The summed E-state index contributed by atoms with van der Waals surface area (Å²) in [6.07, 6.45) is 5.15. The van der Waals surface area contributed by atoms with Crippen molar-refractivity contribution in [3.8, 4) is 11.4 Å². The molecular formula is C18H23N5O. The molecule has 0 bridgehead atoms. The molecule has 2 aliphatic rings. The largest absolute Gasteiger partial charge is 0.324 e. The van der Waals surface area contributed by atoms with Crippen molar-refractivity contribution in [3.05, 3.63) is 30.1 Å². The van der Waals surface area contributed by atoms with E-state index in [2.05, 4.69) is 32.7 Å².